The molecular formula is C22H26N2O4. The van der Waals surface area contributed by atoms with Gasteiger partial charge >= 0.3 is 5.97 Å². The van der Waals surface area contributed by atoms with Crippen LogP contribution in [0.5, 0.6) is 0 Å². The van der Waals surface area contributed by atoms with Gasteiger partial charge in [-0.15, -0.1) is 0 Å². The zero-order valence-corrected chi connectivity index (χ0v) is 16.4. The summed E-state index contributed by atoms with van der Waals surface area (Å²) in [5, 5.41) is 9.17. The molecule has 2 heterocycles. The molecule has 1 saturated heterocycles. The number of hydrogen-bond donors (Lipinski definition) is 1. The summed E-state index contributed by atoms with van der Waals surface area (Å²) in [6.45, 7) is 5.47. The molecule has 2 aromatic rings. The predicted molar refractivity (Wildman–Crippen MR) is 106 cm³/mol. The number of aromatic nitrogens is 1. The molecule has 0 saturated carbocycles. The van der Waals surface area contributed by atoms with Gasteiger partial charge in [0.25, 0.3) is 5.91 Å². The first-order chi connectivity index (χ1) is 13.4. The monoisotopic (exact) mass is 382 g/mol. The van der Waals surface area contributed by atoms with Crippen molar-refractivity contribution in [2.45, 2.75) is 39.2 Å². The summed E-state index contributed by atoms with van der Waals surface area (Å²) in [6, 6.07) is 11.2. The maximum absolute atomic E-state index is 13.1. The lowest BCUT2D eigenvalue weighted by Crippen LogP contribution is -2.39. The van der Waals surface area contributed by atoms with Gasteiger partial charge in [0.1, 0.15) is 5.69 Å². The zero-order valence-electron chi connectivity index (χ0n) is 16.4. The molecular weight excluding hydrogens is 356 g/mol. The second-order valence-corrected chi connectivity index (χ2v) is 7.26. The standard InChI is InChI=1S/C22H26N2O4/c1-15-5-7-17(8-6-15)11-12-24(14-18-4-3-13-28-18)21(25)20-10-9-19(22(26)27)16(2)23-20/h5-10,18H,3-4,11-14H2,1-2H3,(H,26,27). The van der Waals surface area contributed by atoms with Gasteiger partial charge in [-0.05, 0) is 50.8 Å². The van der Waals surface area contributed by atoms with Crippen LogP contribution in [0.2, 0.25) is 0 Å². The fourth-order valence-electron chi connectivity index (χ4n) is 3.40. The maximum Gasteiger partial charge on any atom is 0.337 e. The molecule has 28 heavy (non-hydrogen) atoms. The molecule has 148 valence electrons. The van der Waals surface area contributed by atoms with E-state index in [2.05, 4.69) is 29.2 Å². The van der Waals surface area contributed by atoms with E-state index in [0.717, 1.165) is 25.9 Å². The van der Waals surface area contributed by atoms with Crippen molar-refractivity contribution in [2.24, 2.45) is 0 Å². The van der Waals surface area contributed by atoms with Crippen LogP contribution in [0.15, 0.2) is 36.4 Å². The van der Waals surface area contributed by atoms with Crippen molar-refractivity contribution < 1.29 is 19.4 Å². The van der Waals surface area contributed by atoms with Crippen molar-refractivity contribution in [3.8, 4) is 0 Å². The largest absolute Gasteiger partial charge is 0.478 e. The number of aromatic carboxylic acids is 1. The van der Waals surface area contributed by atoms with E-state index in [9.17, 15) is 14.7 Å². The Hall–Kier alpha value is -2.73. The fourth-order valence-corrected chi connectivity index (χ4v) is 3.40. The number of rotatable bonds is 7. The topological polar surface area (TPSA) is 79.7 Å². The first kappa shape index (κ1) is 20.0. The van der Waals surface area contributed by atoms with Crippen molar-refractivity contribution in [3.63, 3.8) is 0 Å². The highest BCUT2D eigenvalue weighted by Gasteiger charge is 2.24. The molecule has 1 aromatic carbocycles. The van der Waals surface area contributed by atoms with Gasteiger partial charge in [0.15, 0.2) is 0 Å². The fraction of sp³-hybridized carbons (Fsp3) is 0.409. The minimum atomic E-state index is -1.04. The van der Waals surface area contributed by atoms with Crippen molar-refractivity contribution in [1.82, 2.24) is 9.88 Å². The Bertz CT molecular complexity index is 842. The number of nitrogens with zero attached hydrogens (tertiary/aromatic N) is 2. The third-order valence-electron chi connectivity index (χ3n) is 5.06. The minimum Gasteiger partial charge on any atom is -0.478 e. The van der Waals surface area contributed by atoms with Crippen molar-refractivity contribution in [3.05, 3.63) is 64.5 Å². The molecule has 1 aliphatic heterocycles. The number of hydrogen-bond acceptors (Lipinski definition) is 4. The molecule has 1 aromatic heterocycles. The highest BCUT2D eigenvalue weighted by molar-refractivity contribution is 5.94. The number of carboxylic acid groups (broad SMARTS) is 1. The molecule has 6 nitrogen and oxygen atoms in total. The number of benzene rings is 1. The summed E-state index contributed by atoms with van der Waals surface area (Å²) in [4.78, 5) is 30.3. The lowest BCUT2D eigenvalue weighted by atomic mass is 10.1. The molecule has 1 unspecified atom stereocenters. The zero-order chi connectivity index (χ0) is 20.1. The molecule has 0 spiro atoms. The van der Waals surface area contributed by atoms with Crippen molar-refractivity contribution in [2.75, 3.05) is 19.7 Å². The molecule has 3 rings (SSSR count). The van der Waals surface area contributed by atoms with Crippen LogP contribution in [0, 0.1) is 13.8 Å². The molecule has 1 amide bonds. The number of aryl methyl sites for hydroxylation is 2. The van der Waals surface area contributed by atoms with E-state index >= 15 is 0 Å². The number of amides is 1. The van der Waals surface area contributed by atoms with E-state index in [1.54, 1.807) is 11.8 Å². The van der Waals surface area contributed by atoms with E-state index < -0.39 is 5.97 Å². The van der Waals surface area contributed by atoms with E-state index in [1.165, 1.54) is 23.3 Å². The Kier molecular flexibility index (Phi) is 6.41. The predicted octanol–water partition coefficient (Wildman–Crippen LogP) is 3.26. The number of carbonyl (C=O) groups excluding carboxylic acids is 1. The maximum atomic E-state index is 13.1. The first-order valence-electron chi connectivity index (χ1n) is 9.61. The molecule has 1 N–H and O–H groups in total. The van der Waals surface area contributed by atoms with Gasteiger partial charge < -0.3 is 14.7 Å². The number of carboxylic acids is 1. The SMILES string of the molecule is Cc1ccc(CCN(CC2CCCO2)C(=O)c2ccc(C(=O)O)c(C)n2)cc1. The van der Waals surface area contributed by atoms with Crippen LogP contribution in [-0.4, -0.2) is 52.7 Å². The first-order valence-corrected chi connectivity index (χ1v) is 9.61. The average molecular weight is 382 g/mol. The van der Waals surface area contributed by atoms with Crippen LogP contribution in [0.3, 0.4) is 0 Å². The van der Waals surface area contributed by atoms with E-state index in [0.29, 0.717) is 18.8 Å². The molecule has 0 bridgehead atoms. The summed E-state index contributed by atoms with van der Waals surface area (Å²) in [6.07, 6.45) is 2.74. The lowest BCUT2D eigenvalue weighted by molar-refractivity contribution is 0.0523. The molecule has 1 aliphatic rings. The smallest absolute Gasteiger partial charge is 0.337 e. The van der Waals surface area contributed by atoms with Crippen LogP contribution in [0.4, 0.5) is 0 Å². The van der Waals surface area contributed by atoms with Crippen LogP contribution in [0.25, 0.3) is 0 Å². The Balaban J connectivity index is 1.76. The number of pyridine rings is 1. The number of carbonyl (C=O) groups is 2. The van der Waals surface area contributed by atoms with Crippen LogP contribution in [0.1, 0.15) is 50.5 Å². The molecule has 1 atom stereocenters. The lowest BCUT2D eigenvalue weighted by Gasteiger charge is -2.25. The van der Waals surface area contributed by atoms with Crippen molar-refractivity contribution >= 4 is 11.9 Å². The van der Waals surface area contributed by atoms with Gasteiger partial charge in [0.2, 0.25) is 0 Å². The van der Waals surface area contributed by atoms with Gasteiger partial charge in [-0.3, -0.25) is 4.79 Å². The Labute approximate surface area is 165 Å². The second-order valence-electron chi connectivity index (χ2n) is 7.26. The highest BCUT2D eigenvalue weighted by Crippen LogP contribution is 2.16. The Morgan fingerprint density at radius 3 is 2.54 bits per heavy atom. The summed E-state index contributed by atoms with van der Waals surface area (Å²) >= 11 is 0. The normalized spacial score (nSPS) is 16.1. The van der Waals surface area contributed by atoms with Crippen LogP contribution >= 0.6 is 0 Å². The van der Waals surface area contributed by atoms with Crippen LogP contribution < -0.4 is 0 Å². The molecule has 0 aliphatic carbocycles. The van der Waals surface area contributed by atoms with Crippen LogP contribution in [-0.2, 0) is 11.2 Å². The highest BCUT2D eigenvalue weighted by atomic mass is 16.5. The quantitative estimate of drug-likeness (QED) is 0.795. The molecule has 6 heteroatoms. The Morgan fingerprint density at radius 2 is 1.93 bits per heavy atom. The summed E-state index contributed by atoms with van der Waals surface area (Å²) in [5.41, 5.74) is 3.09. The van der Waals surface area contributed by atoms with Gasteiger partial charge in [0.05, 0.1) is 17.4 Å². The van der Waals surface area contributed by atoms with Crippen molar-refractivity contribution in [1.29, 1.82) is 0 Å². The van der Waals surface area contributed by atoms with E-state index in [1.807, 2.05) is 6.92 Å². The van der Waals surface area contributed by atoms with Gasteiger partial charge in [-0.25, -0.2) is 9.78 Å². The number of ether oxygens (including phenoxy) is 1. The summed E-state index contributed by atoms with van der Waals surface area (Å²) < 4.78 is 5.72. The Morgan fingerprint density at radius 1 is 1.18 bits per heavy atom. The third kappa shape index (κ3) is 4.95. The van der Waals surface area contributed by atoms with E-state index in [-0.39, 0.29) is 23.3 Å². The van der Waals surface area contributed by atoms with Gasteiger partial charge in [-0.2, -0.15) is 0 Å². The average Bonchev–Trinajstić information content (AvgIpc) is 3.18. The van der Waals surface area contributed by atoms with Gasteiger partial charge in [0, 0.05) is 19.7 Å². The summed E-state index contributed by atoms with van der Waals surface area (Å²) in [5.74, 6) is -1.23. The minimum absolute atomic E-state index is 0.0429. The summed E-state index contributed by atoms with van der Waals surface area (Å²) in [7, 11) is 0. The molecule has 0 radical (unpaired) electrons. The third-order valence-corrected chi connectivity index (χ3v) is 5.06. The van der Waals surface area contributed by atoms with Gasteiger partial charge in [-0.1, -0.05) is 29.8 Å². The van der Waals surface area contributed by atoms with E-state index in [4.69, 9.17) is 4.74 Å². The second kappa shape index (κ2) is 8.97. The molecule has 1 fully saturated rings.